The average Bonchev–Trinajstić information content (AvgIpc) is 2.14. The van der Waals surface area contributed by atoms with E-state index in [1.807, 2.05) is 0 Å². The quantitative estimate of drug-likeness (QED) is 0.355. The Labute approximate surface area is 88.3 Å². The number of carbonyl (C=O) groups excluding carboxylic acids is 1. The van der Waals surface area contributed by atoms with Crippen LogP contribution in [0.2, 0.25) is 0 Å². The van der Waals surface area contributed by atoms with Gasteiger partial charge in [0.25, 0.3) is 0 Å². The molecule has 0 heterocycles. The first-order valence-corrected chi connectivity index (χ1v) is 4.42. The van der Waals surface area contributed by atoms with E-state index >= 15 is 0 Å². The molecule has 0 aliphatic rings. The third-order valence-electron chi connectivity index (χ3n) is 0.918. The van der Waals surface area contributed by atoms with E-state index < -0.39 is 12.0 Å². The van der Waals surface area contributed by atoms with Crippen molar-refractivity contribution < 1.29 is 19.4 Å². The Morgan fingerprint density at radius 3 is 2.29 bits per heavy atom. The Balaban J connectivity index is 0. The van der Waals surface area contributed by atoms with Crippen LogP contribution in [0.5, 0.6) is 0 Å². The van der Waals surface area contributed by atoms with E-state index in [1.54, 1.807) is 0 Å². The maximum Gasteiger partial charge on any atom is 0.321 e. The Hall–Kier alpha value is -1.01. The third-order valence-corrected chi connectivity index (χ3v) is 1.31. The van der Waals surface area contributed by atoms with E-state index in [0.717, 1.165) is 0 Å². The Morgan fingerprint density at radius 2 is 2.21 bits per heavy atom. The number of esters is 1. The molecule has 0 aliphatic carbocycles. The number of aliphatic carboxylic acids is 1. The summed E-state index contributed by atoms with van der Waals surface area (Å²) in [6, 6.07) is -0.816. The summed E-state index contributed by atoms with van der Waals surface area (Å²) in [6.45, 7) is 5.03. The molecule has 1 atom stereocenters. The fraction of sp³-hybridized carbons (Fsp3) is 0.500. The molecule has 0 saturated heterocycles. The molecule has 0 radical (unpaired) electrons. The minimum absolute atomic E-state index is 0.190. The van der Waals surface area contributed by atoms with Crippen molar-refractivity contribution in [3.05, 3.63) is 12.7 Å². The van der Waals surface area contributed by atoms with Gasteiger partial charge in [0.2, 0.25) is 0 Å². The largest absolute Gasteiger partial charge is 0.480 e. The molecule has 82 valence electrons. The van der Waals surface area contributed by atoms with Crippen LogP contribution in [0.3, 0.4) is 0 Å². The second kappa shape index (κ2) is 10.1. The predicted octanol–water partition coefficient (Wildman–Crippen LogP) is 0.0636. The van der Waals surface area contributed by atoms with E-state index in [9.17, 15) is 9.59 Å². The maximum absolute atomic E-state index is 9.93. The number of thiol groups is 1. The fourth-order valence-electron chi connectivity index (χ4n) is 0.254. The van der Waals surface area contributed by atoms with Crippen molar-refractivity contribution >= 4 is 24.6 Å². The molecule has 1 unspecified atom stereocenters. The topological polar surface area (TPSA) is 89.6 Å². The molecule has 0 amide bonds. The molecular weight excluding hydrogens is 206 g/mol. The zero-order chi connectivity index (χ0) is 11.6. The van der Waals surface area contributed by atoms with E-state index in [4.69, 9.17) is 10.8 Å². The van der Waals surface area contributed by atoms with E-state index in [2.05, 4.69) is 23.9 Å². The van der Waals surface area contributed by atoms with Gasteiger partial charge in [0.15, 0.2) is 0 Å². The lowest BCUT2D eigenvalue weighted by Crippen LogP contribution is -2.31. The maximum atomic E-state index is 9.93. The van der Waals surface area contributed by atoms with Crippen LogP contribution in [0, 0.1) is 0 Å². The molecule has 5 nitrogen and oxygen atoms in total. The Bertz CT molecular complexity index is 196. The highest BCUT2D eigenvalue weighted by Crippen LogP contribution is 1.80. The molecule has 0 aromatic carbocycles. The van der Waals surface area contributed by atoms with Crippen LogP contribution in [-0.4, -0.2) is 35.4 Å². The van der Waals surface area contributed by atoms with Crippen molar-refractivity contribution in [3.63, 3.8) is 0 Å². The summed E-state index contributed by atoms with van der Waals surface area (Å²) in [5.74, 6) is -1.08. The summed E-state index contributed by atoms with van der Waals surface area (Å²) in [6.07, 6.45) is 1.53. The van der Waals surface area contributed by atoms with Gasteiger partial charge in [-0.2, -0.15) is 12.6 Å². The van der Waals surface area contributed by atoms with E-state index in [-0.39, 0.29) is 11.7 Å². The highest BCUT2D eigenvalue weighted by Gasteiger charge is 2.06. The molecule has 6 heteroatoms. The number of carboxylic acids is 1. The Morgan fingerprint density at radius 1 is 1.71 bits per heavy atom. The van der Waals surface area contributed by atoms with Crippen molar-refractivity contribution in [1.29, 1.82) is 0 Å². The predicted molar refractivity (Wildman–Crippen MR) is 56.3 cm³/mol. The second-order valence-corrected chi connectivity index (χ2v) is 2.58. The first-order valence-electron chi connectivity index (χ1n) is 3.79. The van der Waals surface area contributed by atoms with Crippen LogP contribution < -0.4 is 5.73 Å². The summed E-state index contributed by atoms with van der Waals surface area (Å²) in [4.78, 5) is 19.7. The van der Waals surface area contributed by atoms with Gasteiger partial charge in [-0.05, 0) is 0 Å². The zero-order valence-electron chi connectivity index (χ0n) is 7.97. The molecule has 0 spiro atoms. The third kappa shape index (κ3) is 13.6. The van der Waals surface area contributed by atoms with Crippen LogP contribution in [0.15, 0.2) is 12.7 Å². The van der Waals surface area contributed by atoms with Crippen molar-refractivity contribution in [3.8, 4) is 0 Å². The van der Waals surface area contributed by atoms with Gasteiger partial charge >= 0.3 is 11.9 Å². The number of carbonyl (C=O) groups is 2. The number of hydrogen-bond donors (Lipinski definition) is 3. The lowest BCUT2D eigenvalue weighted by molar-refractivity contribution is -0.140. The lowest BCUT2D eigenvalue weighted by Gasteiger charge is -1.96. The molecule has 14 heavy (non-hydrogen) atoms. The lowest BCUT2D eigenvalue weighted by atomic mass is 10.4. The molecule has 0 bridgehead atoms. The second-order valence-electron chi connectivity index (χ2n) is 2.22. The highest BCUT2D eigenvalue weighted by molar-refractivity contribution is 7.80. The summed E-state index contributed by atoms with van der Waals surface area (Å²) < 4.78 is 4.43. The summed E-state index contributed by atoms with van der Waals surface area (Å²) in [5.41, 5.74) is 4.94. The molecule has 0 aromatic rings. The van der Waals surface area contributed by atoms with Gasteiger partial charge in [-0.25, -0.2) is 0 Å². The number of carboxylic acid groups (broad SMARTS) is 1. The SMILES string of the molecule is C=CCOC(C)=O.NC(CS)C(=O)O. The molecule has 0 aromatic heterocycles. The van der Waals surface area contributed by atoms with E-state index in [0.29, 0.717) is 6.61 Å². The van der Waals surface area contributed by atoms with Crippen molar-refractivity contribution in [1.82, 2.24) is 0 Å². The molecule has 0 saturated carbocycles. The van der Waals surface area contributed by atoms with Crippen LogP contribution in [0.25, 0.3) is 0 Å². The standard InChI is InChI=1S/C5H8O2.C3H7NO2S/c1-3-4-7-5(2)6;4-2(1-7)3(5)6/h3H,1,4H2,2H3;2,7H,1,4H2,(H,5,6). The normalized spacial score (nSPS) is 10.5. The van der Waals surface area contributed by atoms with Crippen molar-refractivity contribution in [2.45, 2.75) is 13.0 Å². The Kier molecular flexibility index (Phi) is 11.1. The monoisotopic (exact) mass is 221 g/mol. The van der Waals surface area contributed by atoms with E-state index in [1.165, 1.54) is 13.0 Å². The summed E-state index contributed by atoms with van der Waals surface area (Å²) in [7, 11) is 0. The minimum atomic E-state index is -1.00. The summed E-state index contributed by atoms with van der Waals surface area (Å²) in [5, 5.41) is 8.01. The molecule has 0 fully saturated rings. The van der Waals surface area contributed by atoms with Gasteiger partial charge in [-0.1, -0.05) is 12.7 Å². The number of nitrogens with two attached hydrogens (primary N) is 1. The minimum Gasteiger partial charge on any atom is -0.480 e. The first-order chi connectivity index (χ1) is 6.45. The molecule has 3 N–H and O–H groups in total. The van der Waals surface area contributed by atoms with Crippen LogP contribution >= 0.6 is 12.6 Å². The average molecular weight is 221 g/mol. The van der Waals surface area contributed by atoms with Gasteiger partial charge < -0.3 is 15.6 Å². The van der Waals surface area contributed by atoms with Crippen LogP contribution in [0.1, 0.15) is 6.92 Å². The van der Waals surface area contributed by atoms with Gasteiger partial charge in [0.1, 0.15) is 12.6 Å². The van der Waals surface area contributed by atoms with Gasteiger partial charge in [-0.15, -0.1) is 0 Å². The smallest absolute Gasteiger partial charge is 0.321 e. The van der Waals surface area contributed by atoms with Gasteiger partial charge in [0, 0.05) is 12.7 Å². The number of rotatable bonds is 4. The molecule has 0 rings (SSSR count). The number of ether oxygens (including phenoxy) is 1. The van der Waals surface area contributed by atoms with Gasteiger partial charge in [-0.3, -0.25) is 9.59 Å². The van der Waals surface area contributed by atoms with Crippen LogP contribution in [-0.2, 0) is 14.3 Å². The first kappa shape index (κ1) is 15.5. The highest BCUT2D eigenvalue weighted by atomic mass is 32.1. The van der Waals surface area contributed by atoms with Gasteiger partial charge in [0.05, 0.1) is 0 Å². The van der Waals surface area contributed by atoms with Crippen LogP contribution in [0.4, 0.5) is 0 Å². The summed E-state index contributed by atoms with van der Waals surface area (Å²) >= 11 is 3.65. The molecule has 0 aliphatic heterocycles. The molecular formula is C8H15NO4S. The fourth-order valence-corrected chi connectivity index (χ4v) is 0.411. The number of hydrogen-bond acceptors (Lipinski definition) is 5. The zero-order valence-corrected chi connectivity index (χ0v) is 8.87. The van der Waals surface area contributed by atoms with Crippen molar-refractivity contribution in [2.24, 2.45) is 5.73 Å². The van der Waals surface area contributed by atoms with Crippen molar-refractivity contribution in [2.75, 3.05) is 12.4 Å².